The van der Waals surface area contributed by atoms with Gasteiger partial charge in [-0.05, 0) is 96.1 Å². The summed E-state index contributed by atoms with van der Waals surface area (Å²) in [5.41, 5.74) is 3.05. The van der Waals surface area contributed by atoms with E-state index in [2.05, 4.69) is 50.5 Å². The minimum atomic E-state index is -1.90. The molecule has 8 rings (SSSR count). The highest BCUT2D eigenvalue weighted by Crippen LogP contribution is 2.49. The summed E-state index contributed by atoms with van der Waals surface area (Å²) in [7, 11) is -3.78. The summed E-state index contributed by atoms with van der Waals surface area (Å²) >= 11 is 18.4. The van der Waals surface area contributed by atoms with Crippen molar-refractivity contribution < 1.29 is 26.5 Å². The Kier molecular flexibility index (Phi) is 7.97. The zero-order valence-corrected chi connectivity index (χ0v) is 28.9. The van der Waals surface area contributed by atoms with Gasteiger partial charge in [0.05, 0.1) is 0 Å². The van der Waals surface area contributed by atoms with Gasteiger partial charge in [0.15, 0.2) is 0 Å². The fourth-order valence-corrected chi connectivity index (χ4v) is 8.21. The molecule has 0 saturated heterocycles. The third kappa shape index (κ3) is 5.79. The molecular weight excluding hydrogens is 695 g/mol. The molecule has 0 aliphatic carbocycles. The summed E-state index contributed by atoms with van der Waals surface area (Å²) in [5, 5.41) is 3.31. The van der Waals surface area contributed by atoms with Gasteiger partial charge in [0, 0.05) is 41.1 Å². The second kappa shape index (κ2) is 12.3. The van der Waals surface area contributed by atoms with Crippen LogP contribution in [0.3, 0.4) is 0 Å². The molecule has 1 aliphatic rings. The molecule has 0 atom stereocenters. The lowest BCUT2D eigenvalue weighted by Gasteiger charge is -2.18. The Morgan fingerprint density at radius 1 is 0.478 bits per heavy atom. The number of benzene rings is 6. The maximum atomic E-state index is 6.46. The Morgan fingerprint density at radius 3 is 1.50 bits per heavy atom. The fourth-order valence-electron chi connectivity index (χ4n) is 5.21. The predicted octanol–water partition coefficient (Wildman–Crippen LogP) is 12.2. The van der Waals surface area contributed by atoms with Crippen LogP contribution in [0.2, 0.25) is 0 Å². The molecule has 12 heteroatoms. The lowest BCUT2D eigenvalue weighted by molar-refractivity contribution is 0.390. The molecule has 7 aromatic rings. The van der Waals surface area contributed by atoms with E-state index in [9.17, 15) is 0 Å². The first-order chi connectivity index (χ1) is 22.4. The smallest absolute Gasteiger partial charge is 0.408 e. The van der Waals surface area contributed by atoms with Crippen molar-refractivity contribution in [1.29, 1.82) is 0 Å². The van der Waals surface area contributed by atoms with Gasteiger partial charge in [-0.25, -0.2) is 0 Å². The zero-order chi connectivity index (χ0) is 31.4. The Bertz CT molecular complexity index is 2250. The van der Waals surface area contributed by atoms with Crippen molar-refractivity contribution in [3.05, 3.63) is 109 Å². The van der Waals surface area contributed by atoms with E-state index in [0.29, 0.717) is 34.2 Å². The standard InChI is InChI=1S/C34H22O6P2S4/c43-21-9-11-31-25(17-21)26-18-22(44)10-12-32(26)40-42(39-31)38-30-6-2-3-23-24(30)4-1-5-29(23)37-41-35-19-7-13-33(45)27(15-19)28-16-20(36-41)8-14-34(28)46/h1-18,43-46H. The highest BCUT2D eigenvalue weighted by molar-refractivity contribution is 7.81. The molecule has 46 heavy (non-hydrogen) atoms. The number of fused-ring (bicyclic) bond motifs is 9. The average Bonchev–Trinajstić information content (AvgIpc) is 3.16. The summed E-state index contributed by atoms with van der Waals surface area (Å²) in [6.45, 7) is 0. The Labute approximate surface area is 287 Å². The molecule has 4 bridgehead atoms. The van der Waals surface area contributed by atoms with E-state index in [1.807, 2.05) is 109 Å². The molecule has 228 valence electrons. The van der Waals surface area contributed by atoms with Gasteiger partial charge in [0.2, 0.25) is 0 Å². The quantitative estimate of drug-likeness (QED) is 0.107. The van der Waals surface area contributed by atoms with Crippen molar-refractivity contribution in [3.63, 3.8) is 0 Å². The molecule has 0 fully saturated rings. The fraction of sp³-hybridized carbons (Fsp3) is 0. The number of hydrogen-bond donors (Lipinski definition) is 4. The molecule has 0 unspecified atom stereocenters. The number of thiol groups is 4. The van der Waals surface area contributed by atoms with E-state index in [0.717, 1.165) is 52.3 Å². The van der Waals surface area contributed by atoms with Crippen molar-refractivity contribution in [2.24, 2.45) is 0 Å². The van der Waals surface area contributed by atoms with Crippen LogP contribution in [-0.4, -0.2) is 0 Å². The average molecular weight is 717 g/mol. The van der Waals surface area contributed by atoms with E-state index in [1.54, 1.807) is 0 Å². The van der Waals surface area contributed by atoms with Crippen LogP contribution in [0.15, 0.2) is 137 Å². The predicted molar refractivity (Wildman–Crippen MR) is 196 cm³/mol. The molecule has 0 N–H and O–H groups in total. The minimum absolute atomic E-state index is 0.569. The van der Waals surface area contributed by atoms with Crippen LogP contribution < -0.4 is 18.1 Å². The SMILES string of the molecule is Sc1ccc2op(Oc3cccc4c(OP5Oc6ccc(S)c(c6)-c6cc(ccc6S)O5)cccc34)oc3ccc(S)cc3c2c1. The molecule has 0 amide bonds. The van der Waals surface area contributed by atoms with Crippen molar-refractivity contribution in [2.45, 2.75) is 19.6 Å². The van der Waals surface area contributed by atoms with Crippen LogP contribution >= 0.6 is 67.4 Å². The topological polar surface area (TPSA) is 63.2 Å². The normalized spacial score (nSPS) is 12.6. The van der Waals surface area contributed by atoms with Gasteiger partial charge in [0.25, 0.3) is 0 Å². The summed E-state index contributed by atoms with van der Waals surface area (Å²) in [5.74, 6) is 2.33. The van der Waals surface area contributed by atoms with Crippen LogP contribution in [-0.2, 0) is 0 Å². The summed E-state index contributed by atoms with van der Waals surface area (Å²) in [4.78, 5) is 3.22. The summed E-state index contributed by atoms with van der Waals surface area (Å²) in [6.07, 6.45) is 0. The largest absolute Gasteiger partial charge is 0.530 e. The molecule has 1 aliphatic heterocycles. The van der Waals surface area contributed by atoms with Crippen molar-refractivity contribution in [3.8, 4) is 34.1 Å². The maximum Gasteiger partial charge on any atom is 0.530 e. The summed E-state index contributed by atoms with van der Waals surface area (Å²) < 4.78 is 38.1. The lowest BCUT2D eigenvalue weighted by atomic mass is 10.0. The van der Waals surface area contributed by atoms with Gasteiger partial charge in [-0.1, -0.05) is 24.3 Å². The zero-order valence-electron chi connectivity index (χ0n) is 23.5. The molecule has 6 aromatic carbocycles. The van der Waals surface area contributed by atoms with Gasteiger partial charge in [-0.3, -0.25) is 0 Å². The van der Waals surface area contributed by atoms with Crippen molar-refractivity contribution in [1.82, 2.24) is 0 Å². The lowest BCUT2D eigenvalue weighted by Crippen LogP contribution is -2.02. The highest BCUT2D eigenvalue weighted by atomic mass is 32.1. The van der Waals surface area contributed by atoms with Crippen molar-refractivity contribution >= 4 is 100 Å². The number of rotatable bonds is 4. The van der Waals surface area contributed by atoms with Crippen LogP contribution in [0.1, 0.15) is 0 Å². The van der Waals surface area contributed by atoms with E-state index >= 15 is 0 Å². The van der Waals surface area contributed by atoms with Gasteiger partial charge >= 0.3 is 16.8 Å². The minimum Gasteiger partial charge on any atom is -0.408 e. The molecule has 6 nitrogen and oxygen atoms in total. The van der Waals surface area contributed by atoms with E-state index in [4.69, 9.17) is 26.5 Å². The Balaban J connectivity index is 1.18. The second-order valence-electron chi connectivity index (χ2n) is 10.3. The van der Waals surface area contributed by atoms with Crippen molar-refractivity contribution in [2.75, 3.05) is 0 Å². The first kappa shape index (κ1) is 29.9. The molecular formula is C34H22O6P2S4. The van der Waals surface area contributed by atoms with E-state index < -0.39 is 16.8 Å². The molecule has 0 radical (unpaired) electrons. The first-order valence-corrected chi connectivity index (χ1v) is 17.9. The van der Waals surface area contributed by atoms with E-state index in [1.165, 1.54) is 0 Å². The molecule has 2 heterocycles. The first-order valence-electron chi connectivity index (χ1n) is 13.9. The van der Waals surface area contributed by atoms with E-state index in [-0.39, 0.29) is 0 Å². The highest BCUT2D eigenvalue weighted by Gasteiger charge is 2.25. The Morgan fingerprint density at radius 2 is 0.978 bits per heavy atom. The Hall–Kier alpha value is -3.49. The summed E-state index contributed by atoms with van der Waals surface area (Å²) in [6, 6.07) is 34.1. The van der Waals surface area contributed by atoms with Crippen LogP contribution in [0.5, 0.6) is 23.0 Å². The second-order valence-corrected chi connectivity index (χ2v) is 14.3. The van der Waals surface area contributed by atoms with Gasteiger partial charge in [0.1, 0.15) is 34.2 Å². The molecule has 0 spiro atoms. The van der Waals surface area contributed by atoms with Crippen LogP contribution in [0.4, 0.5) is 0 Å². The number of hydrogen-bond acceptors (Lipinski definition) is 10. The maximum absolute atomic E-state index is 6.46. The third-order valence-corrected chi connectivity index (χ3v) is 10.8. The van der Waals surface area contributed by atoms with Gasteiger partial charge in [-0.15, -0.1) is 50.5 Å². The van der Waals surface area contributed by atoms with Crippen LogP contribution in [0.25, 0.3) is 43.8 Å². The molecule has 0 saturated carbocycles. The third-order valence-electron chi connectivity index (χ3n) is 7.34. The van der Waals surface area contributed by atoms with Gasteiger partial charge in [-0.2, -0.15) is 0 Å². The monoisotopic (exact) mass is 716 g/mol. The molecule has 1 aromatic heterocycles. The van der Waals surface area contributed by atoms with Crippen LogP contribution in [0, 0.1) is 0 Å². The van der Waals surface area contributed by atoms with Gasteiger partial charge < -0.3 is 26.5 Å².